The van der Waals surface area contributed by atoms with Gasteiger partial charge in [-0.05, 0) is 12.8 Å². The Labute approximate surface area is 216 Å². The summed E-state index contributed by atoms with van der Waals surface area (Å²) in [6.45, 7) is 6.02. The van der Waals surface area contributed by atoms with Crippen molar-refractivity contribution in [3.63, 3.8) is 0 Å². The third kappa shape index (κ3) is 9.69. The lowest BCUT2D eigenvalue weighted by Gasteiger charge is -2.23. The van der Waals surface area contributed by atoms with Gasteiger partial charge in [0.1, 0.15) is 26.6 Å². The zero-order chi connectivity index (χ0) is 29.8. The molecule has 0 bridgehead atoms. The second kappa shape index (κ2) is 16.5. The number of benzene rings is 1. The minimum Gasteiger partial charge on any atom is -0.399 e. The maximum absolute atomic E-state index is 13.9. The molecular formula is C22H31F7N2O6S. The van der Waals surface area contributed by atoms with Crippen molar-refractivity contribution in [2.75, 3.05) is 14.2 Å². The number of alkyl halides is 2. The number of hydrogen-bond acceptors (Lipinski definition) is 8. The number of rotatable bonds is 13. The van der Waals surface area contributed by atoms with Crippen molar-refractivity contribution in [1.82, 2.24) is 0 Å². The Morgan fingerprint density at radius 2 is 1.18 bits per heavy atom. The number of nitrogens with zero attached hydrogens (tertiary/aromatic N) is 2. The van der Waals surface area contributed by atoms with Crippen LogP contribution in [0.1, 0.15) is 40.5 Å². The lowest BCUT2D eigenvalue weighted by atomic mass is 9.98. The molecule has 8 nitrogen and oxygen atoms in total. The second-order valence-corrected chi connectivity index (χ2v) is 9.36. The summed E-state index contributed by atoms with van der Waals surface area (Å²) in [5, 5.41) is 15.7. The van der Waals surface area contributed by atoms with Gasteiger partial charge < -0.3 is 14.8 Å². The minimum absolute atomic E-state index is 0.156. The molecule has 0 heterocycles. The highest BCUT2D eigenvalue weighted by Gasteiger charge is 2.37. The van der Waals surface area contributed by atoms with Gasteiger partial charge in [-0.1, -0.05) is 38.0 Å². The summed E-state index contributed by atoms with van der Waals surface area (Å²) in [5.74, 6) is -14.2. The summed E-state index contributed by atoms with van der Waals surface area (Å²) < 4.78 is 122. The van der Waals surface area contributed by atoms with Gasteiger partial charge in [0, 0.05) is 11.8 Å². The van der Waals surface area contributed by atoms with E-state index in [0.717, 1.165) is 13.3 Å². The molecule has 6 atom stereocenters. The standard InChI is InChI=1S/C14H15F6NO4S.C8H16FNO2/c1-4-8(6(2)7(15)5-21-24-3)25-26(22,23)14-12(19)10(17)9(16)11(18)13(14)20;1-4-8(11)6(2)7(9)5-10-12-3/h5-8H,4H2,1-3H3;5-8,11H,4H2,1-3H3/t2*6-,7+,8+/m00/s1. The van der Waals surface area contributed by atoms with Gasteiger partial charge in [0.2, 0.25) is 5.82 Å². The number of halogens is 7. The minimum atomic E-state index is -5.43. The molecule has 0 amide bonds. The molecule has 0 fully saturated rings. The van der Waals surface area contributed by atoms with E-state index in [2.05, 4.69) is 24.2 Å². The van der Waals surface area contributed by atoms with Crippen LogP contribution < -0.4 is 0 Å². The highest BCUT2D eigenvalue weighted by molar-refractivity contribution is 7.86. The van der Waals surface area contributed by atoms with Crippen LogP contribution in [0.5, 0.6) is 0 Å². The van der Waals surface area contributed by atoms with E-state index in [9.17, 15) is 44.3 Å². The van der Waals surface area contributed by atoms with Gasteiger partial charge in [-0.2, -0.15) is 8.42 Å². The molecule has 1 aromatic carbocycles. The lowest BCUT2D eigenvalue weighted by molar-refractivity contribution is 0.0827. The van der Waals surface area contributed by atoms with E-state index in [0.29, 0.717) is 12.6 Å². The maximum atomic E-state index is 13.9. The predicted octanol–water partition coefficient (Wildman–Crippen LogP) is 4.84. The van der Waals surface area contributed by atoms with Crippen LogP contribution in [0.4, 0.5) is 30.7 Å². The van der Waals surface area contributed by atoms with Crippen molar-refractivity contribution in [1.29, 1.82) is 0 Å². The first kappa shape index (κ1) is 35.5. The summed E-state index contributed by atoms with van der Waals surface area (Å²) in [4.78, 5) is 6.45. The number of aliphatic hydroxyl groups is 1. The smallest absolute Gasteiger partial charge is 0.303 e. The normalized spacial score (nSPS) is 16.9. The number of oxime groups is 2. The molecule has 0 aliphatic rings. The molecule has 0 aliphatic heterocycles. The molecule has 220 valence electrons. The average molecular weight is 585 g/mol. The Balaban J connectivity index is 0.000000958. The Morgan fingerprint density at radius 1 is 0.789 bits per heavy atom. The van der Waals surface area contributed by atoms with Gasteiger partial charge in [-0.25, -0.2) is 30.7 Å². The van der Waals surface area contributed by atoms with E-state index in [4.69, 9.17) is 0 Å². The molecule has 1 N–H and O–H groups in total. The van der Waals surface area contributed by atoms with Crippen LogP contribution >= 0.6 is 0 Å². The zero-order valence-electron chi connectivity index (χ0n) is 21.5. The number of aliphatic hydroxyl groups excluding tert-OH is 1. The Bertz CT molecular complexity index is 1020. The summed E-state index contributed by atoms with van der Waals surface area (Å²) in [6.07, 6.45) is -3.08. The van der Waals surface area contributed by atoms with Crippen molar-refractivity contribution < 1.29 is 58.1 Å². The molecule has 0 aromatic heterocycles. The van der Waals surface area contributed by atoms with Crippen LogP contribution in [0.25, 0.3) is 0 Å². The van der Waals surface area contributed by atoms with Crippen molar-refractivity contribution in [2.24, 2.45) is 22.1 Å². The van der Waals surface area contributed by atoms with Gasteiger partial charge in [0.05, 0.1) is 24.6 Å². The zero-order valence-corrected chi connectivity index (χ0v) is 22.3. The molecule has 0 radical (unpaired) electrons. The molecule has 0 aliphatic carbocycles. The van der Waals surface area contributed by atoms with E-state index in [1.54, 1.807) is 13.8 Å². The van der Waals surface area contributed by atoms with E-state index in [1.165, 1.54) is 21.0 Å². The van der Waals surface area contributed by atoms with Gasteiger partial charge in [-0.15, -0.1) is 0 Å². The number of hydrogen-bond donors (Lipinski definition) is 1. The van der Waals surface area contributed by atoms with Crippen LogP contribution in [0, 0.1) is 40.9 Å². The van der Waals surface area contributed by atoms with Crippen molar-refractivity contribution in [3.05, 3.63) is 29.1 Å². The molecule has 0 spiro atoms. The third-order valence-electron chi connectivity index (χ3n) is 5.31. The maximum Gasteiger partial charge on any atom is 0.303 e. The van der Waals surface area contributed by atoms with Crippen LogP contribution in [-0.2, 0) is 24.0 Å². The fraction of sp³-hybridized carbons (Fsp3) is 0.636. The first-order chi connectivity index (χ1) is 17.6. The Morgan fingerprint density at radius 3 is 1.55 bits per heavy atom. The largest absolute Gasteiger partial charge is 0.399 e. The van der Waals surface area contributed by atoms with Crippen LogP contribution in [0.3, 0.4) is 0 Å². The Kier molecular flexibility index (Phi) is 15.4. The van der Waals surface area contributed by atoms with Crippen molar-refractivity contribution in [3.8, 4) is 0 Å². The first-order valence-corrected chi connectivity index (χ1v) is 12.6. The van der Waals surface area contributed by atoms with E-state index in [1.807, 2.05) is 0 Å². The van der Waals surface area contributed by atoms with Crippen LogP contribution in [-0.4, -0.2) is 64.7 Å². The molecule has 38 heavy (non-hydrogen) atoms. The topological polar surface area (TPSA) is 107 Å². The molecular weight excluding hydrogens is 553 g/mol. The van der Waals surface area contributed by atoms with Gasteiger partial charge in [0.15, 0.2) is 28.2 Å². The van der Waals surface area contributed by atoms with Gasteiger partial charge >= 0.3 is 10.1 Å². The van der Waals surface area contributed by atoms with Crippen molar-refractivity contribution in [2.45, 2.75) is 70.0 Å². The second-order valence-electron chi connectivity index (χ2n) is 7.85. The molecule has 1 rings (SSSR count). The predicted molar refractivity (Wildman–Crippen MR) is 124 cm³/mol. The fourth-order valence-electron chi connectivity index (χ4n) is 2.84. The average Bonchev–Trinajstić information content (AvgIpc) is 2.89. The van der Waals surface area contributed by atoms with E-state index < -0.39 is 80.5 Å². The Hall–Kier alpha value is -2.46. The highest BCUT2D eigenvalue weighted by atomic mass is 32.2. The van der Waals surface area contributed by atoms with Gasteiger partial charge in [0.25, 0.3) is 0 Å². The summed E-state index contributed by atoms with van der Waals surface area (Å²) >= 11 is 0. The summed E-state index contributed by atoms with van der Waals surface area (Å²) in [6, 6.07) is 0. The van der Waals surface area contributed by atoms with Crippen molar-refractivity contribution >= 4 is 22.5 Å². The fourth-order valence-corrected chi connectivity index (χ4v) is 4.19. The molecule has 0 saturated carbocycles. The van der Waals surface area contributed by atoms with Crippen LogP contribution in [0.2, 0.25) is 0 Å². The molecule has 0 unspecified atom stereocenters. The molecule has 0 saturated heterocycles. The molecule has 1 aromatic rings. The van der Waals surface area contributed by atoms with Gasteiger partial charge in [-0.3, -0.25) is 4.18 Å². The SMILES string of the molecule is CC[C@@H](O)[C@@H](C)[C@H](F)C=NOC.CC[C@@H](OS(=O)(=O)c1c(F)c(F)c(F)c(F)c1F)[C@@H](C)[C@H](F)C=NOC. The first-order valence-electron chi connectivity index (χ1n) is 11.2. The molecule has 16 heteroatoms. The monoisotopic (exact) mass is 584 g/mol. The van der Waals surface area contributed by atoms with E-state index >= 15 is 0 Å². The lowest BCUT2D eigenvalue weighted by Crippen LogP contribution is -2.32. The highest BCUT2D eigenvalue weighted by Crippen LogP contribution is 2.30. The summed E-state index contributed by atoms with van der Waals surface area (Å²) in [7, 11) is -2.95. The quantitative estimate of drug-likeness (QED) is 0.0889. The van der Waals surface area contributed by atoms with E-state index in [-0.39, 0.29) is 6.42 Å². The third-order valence-corrected chi connectivity index (χ3v) is 6.66. The summed E-state index contributed by atoms with van der Waals surface area (Å²) in [5.41, 5.74) is 0. The van der Waals surface area contributed by atoms with Crippen LogP contribution in [0.15, 0.2) is 15.2 Å².